The highest BCUT2D eigenvalue weighted by atomic mass is 32.2. The average Bonchev–Trinajstić information content (AvgIpc) is 3.11. The molecule has 182 valence electrons. The Morgan fingerprint density at radius 1 is 0.912 bits per heavy atom. The largest absolute Gasteiger partial charge is 0.416 e. The minimum absolute atomic E-state index is 0.251. The molecule has 3 heterocycles. The van der Waals surface area contributed by atoms with Crippen molar-refractivity contribution in [1.82, 2.24) is 24.1 Å². The van der Waals surface area contributed by atoms with E-state index in [0.29, 0.717) is 36.1 Å². The Balaban J connectivity index is 1.44. The van der Waals surface area contributed by atoms with Gasteiger partial charge in [0.1, 0.15) is 11.6 Å². The number of piperazine rings is 1. The Labute approximate surface area is 196 Å². The maximum Gasteiger partial charge on any atom is 0.416 e. The van der Waals surface area contributed by atoms with Gasteiger partial charge in [-0.2, -0.15) is 22.6 Å². The fourth-order valence-corrected chi connectivity index (χ4v) is 5.47. The van der Waals surface area contributed by atoms with Gasteiger partial charge in [-0.15, -0.1) is 0 Å². The summed E-state index contributed by atoms with van der Waals surface area (Å²) in [5.41, 5.74) is 1.33. The summed E-state index contributed by atoms with van der Waals surface area (Å²) in [7, 11) is -3.67. The van der Waals surface area contributed by atoms with Crippen LogP contribution in [0.2, 0.25) is 0 Å². The van der Waals surface area contributed by atoms with Gasteiger partial charge in [0.05, 0.1) is 17.0 Å². The van der Waals surface area contributed by atoms with Crippen LogP contribution >= 0.6 is 0 Å². The number of rotatable bonds is 5. The fraction of sp³-hybridized carbons (Fsp3) is 0.409. The third kappa shape index (κ3) is 5.22. The Bertz CT molecular complexity index is 1280. The van der Waals surface area contributed by atoms with E-state index < -0.39 is 21.8 Å². The van der Waals surface area contributed by atoms with E-state index in [4.69, 9.17) is 0 Å². The minimum Gasteiger partial charge on any atom is -0.354 e. The molecule has 1 aliphatic heterocycles. The van der Waals surface area contributed by atoms with Crippen molar-refractivity contribution in [2.75, 3.05) is 31.1 Å². The molecule has 0 unspecified atom stereocenters. The molecule has 0 bridgehead atoms. The molecule has 0 aliphatic carbocycles. The number of alkyl halides is 3. The predicted octanol–water partition coefficient (Wildman–Crippen LogP) is 3.26. The van der Waals surface area contributed by atoms with Crippen LogP contribution in [0.5, 0.6) is 0 Å². The molecule has 3 aromatic rings. The molecule has 0 amide bonds. The molecular weight excluding hydrogens is 469 g/mol. The van der Waals surface area contributed by atoms with Crippen LogP contribution in [0.25, 0.3) is 5.82 Å². The highest BCUT2D eigenvalue weighted by Crippen LogP contribution is 2.29. The van der Waals surface area contributed by atoms with Gasteiger partial charge >= 0.3 is 6.18 Å². The molecule has 8 nitrogen and oxygen atoms in total. The van der Waals surface area contributed by atoms with Gasteiger partial charge < -0.3 is 4.90 Å². The highest BCUT2D eigenvalue weighted by molar-refractivity contribution is 7.88. The van der Waals surface area contributed by atoms with E-state index in [1.54, 1.807) is 11.6 Å². The van der Waals surface area contributed by atoms with E-state index in [1.807, 2.05) is 30.9 Å². The topological polar surface area (TPSA) is 84.2 Å². The van der Waals surface area contributed by atoms with Crippen molar-refractivity contribution in [1.29, 1.82) is 0 Å². The molecule has 0 atom stereocenters. The van der Waals surface area contributed by atoms with Gasteiger partial charge in [0, 0.05) is 37.9 Å². The third-order valence-electron chi connectivity index (χ3n) is 5.62. The van der Waals surface area contributed by atoms with E-state index >= 15 is 0 Å². The number of hydrogen-bond donors (Lipinski definition) is 0. The lowest BCUT2D eigenvalue weighted by molar-refractivity contribution is -0.137. The van der Waals surface area contributed by atoms with Crippen LogP contribution in [0, 0.1) is 20.8 Å². The van der Waals surface area contributed by atoms with Crippen molar-refractivity contribution in [2.45, 2.75) is 32.7 Å². The van der Waals surface area contributed by atoms with E-state index in [1.165, 1.54) is 16.4 Å². The predicted molar refractivity (Wildman–Crippen MR) is 121 cm³/mol. The van der Waals surface area contributed by atoms with Crippen molar-refractivity contribution in [2.24, 2.45) is 0 Å². The standard InChI is InChI=1S/C22H25F3N6O2S/c1-15-12-16(2)31(28-15)21-13-20(26-17(3)27-21)29-8-10-30(11-9-29)34(32,33)14-18-4-6-19(7-5-18)22(23,24)25/h4-7,12-13H,8-11,14H2,1-3H3. The summed E-state index contributed by atoms with van der Waals surface area (Å²) >= 11 is 0. The number of aromatic nitrogens is 4. The molecule has 1 aromatic carbocycles. The summed E-state index contributed by atoms with van der Waals surface area (Å²) in [6.07, 6.45) is -4.46. The summed E-state index contributed by atoms with van der Waals surface area (Å²) in [5.74, 6) is 1.57. The molecule has 34 heavy (non-hydrogen) atoms. The minimum atomic E-state index is -4.46. The fourth-order valence-electron chi connectivity index (χ4n) is 3.96. The number of nitrogens with zero attached hydrogens (tertiary/aromatic N) is 6. The maximum absolute atomic E-state index is 12.9. The van der Waals surface area contributed by atoms with Crippen molar-refractivity contribution < 1.29 is 21.6 Å². The number of anilines is 1. The van der Waals surface area contributed by atoms with Crippen molar-refractivity contribution in [3.05, 3.63) is 64.7 Å². The quantitative estimate of drug-likeness (QED) is 0.542. The van der Waals surface area contributed by atoms with Crippen LogP contribution in [0.3, 0.4) is 0 Å². The lowest BCUT2D eigenvalue weighted by atomic mass is 10.1. The number of hydrogen-bond acceptors (Lipinski definition) is 6. The molecule has 0 N–H and O–H groups in total. The SMILES string of the molecule is Cc1cc(C)n(-c2cc(N3CCN(S(=O)(=O)Cc4ccc(C(F)(F)F)cc4)CC3)nc(C)n2)n1. The first-order chi connectivity index (χ1) is 15.9. The van der Waals surface area contributed by atoms with Crippen molar-refractivity contribution in [3.8, 4) is 5.82 Å². The van der Waals surface area contributed by atoms with Crippen LogP contribution in [-0.2, 0) is 22.0 Å². The van der Waals surface area contributed by atoms with Crippen LogP contribution in [0.1, 0.15) is 28.3 Å². The summed E-state index contributed by atoms with van der Waals surface area (Å²) in [5, 5.41) is 4.47. The zero-order chi connectivity index (χ0) is 24.7. The summed E-state index contributed by atoms with van der Waals surface area (Å²) in [4.78, 5) is 11.0. The first-order valence-corrected chi connectivity index (χ1v) is 12.3. The first-order valence-electron chi connectivity index (χ1n) is 10.7. The Morgan fingerprint density at radius 3 is 2.09 bits per heavy atom. The van der Waals surface area contributed by atoms with Gasteiger partial charge in [-0.25, -0.2) is 23.1 Å². The maximum atomic E-state index is 12.9. The number of sulfonamides is 1. The zero-order valence-corrected chi connectivity index (χ0v) is 19.9. The van der Waals surface area contributed by atoms with Crippen molar-refractivity contribution in [3.63, 3.8) is 0 Å². The van der Waals surface area contributed by atoms with Gasteiger partial charge in [-0.3, -0.25) is 0 Å². The summed E-state index contributed by atoms with van der Waals surface area (Å²) in [6.45, 7) is 7.00. The molecule has 4 rings (SSSR count). The monoisotopic (exact) mass is 494 g/mol. The third-order valence-corrected chi connectivity index (χ3v) is 7.47. The molecule has 2 aromatic heterocycles. The smallest absolute Gasteiger partial charge is 0.354 e. The van der Waals surface area contributed by atoms with Gasteiger partial charge in [-0.1, -0.05) is 12.1 Å². The second-order valence-electron chi connectivity index (χ2n) is 8.31. The zero-order valence-electron chi connectivity index (χ0n) is 19.0. The number of halogens is 3. The Kier molecular flexibility index (Phi) is 6.38. The van der Waals surface area contributed by atoms with Gasteiger partial charge in [0.15, 0.2) is 5.82 Å². The first kappa shape index (κ1) is 24.1. The number of aryl methyl sites for hydroxylation is 3. The summed E-state index contributed by atoms with van der Waals surface area (Å²) < 4.78 is 67.1. The normalized spacial score (nSPS) is 15.6. The van der Waals surface area contributed by atoms with Crippen LogP contribution < -0.4 is 4.90 Å². The molecule has 0 spiro atoms. The molecule has 1 aliphatic rings. The van der Waals surface area contributed by atoms with E-state index in [2.05, 4.69) is 15.1 Å². The summed E-state index contributed by atoms with van der Waals surface area (Å²) in [6, 6.07) is 8.01. The molecule has 0 radical (unpaired) electrons. The van der Waals surface area contributed by atoms with Crippen LogP contribution in [-0.4, -0.2) is 58.7 Å². The van der Waals surface area contributed by atoms with E-state index in [-0.39, 0.29) is 18.8 Å². The average molecular weight is 495 g/mol. The van der Waals surface area contributed by atoms with Crippen LogP contribution in [0.15, 0.2) is 36.4 Å². The molecule has 0 saturated carbocycles. The van der Waals surface area contributed by atoms with Gasteiger partial charge in [-0.05, 0) is 44.5 Å². The van der Waals surface area contributed by atoms with Gasteiger partial charge in [0.2, 0.25) is 10.0 Å². The second kappa shape index (κ2) is 8.99. The lowest BCUT2D eigenvalue weighted by Gasteiger charge is -2.34. The van der Waals surface area contributed by atoms with E-state index in [9.17, 15) is 21.6 Å². The molecule has 12 heteroatoms. The Morgan fingerprint density at radius 2 is 1.53 bits per heavy atom. The number of benzene rings is 1. The molecule has 1 saturated heterocycles. The van der Waals surface area contributed by atoms with E-state index in [0.717, 1.165) is 23.5 Å². The van der Waals surface area contributed by atoms with Gasteiger partial charge in [0.25, 0.3) is 0 Å². The second-order valence-corrected chi connectivity index (χ2v) is 10.3. The lowest BCUT2D eigenvalue weighted by Crippen LogP contribution is -2.49. The van der Waals surface area contributed by atoms with Crippen molar-refractivity contribution >= 4 is 15.8 Å². The molecular formula is C22H25F3N6O2S. The Hall–Kier alpha value is -2.99. The molecule has 1 fully saturated rings. The highest BCUT2D eigenvalue weighted by Gasteiger charge is 2.31. The van der Waals surface area contributed by atoms with Crippen LogP contribution in [0.4, 0.5) is 19.0 Å².